The molecule has 0 spiro atoms. The number of carboxylic acid groups (broad SMARTS) is 2. The number of aliphatic hydroxyl groups is 24. The van der Waals surface area contributed by atoms with Crippen molar-refractivity contribution in [1.29, 1.82) is 0 Å². The standard InChI is InChI=1S/C96H167N5O49/c1-7-9-11-13-15-17-19-21-23-25-27-29-31-33-51(114)50(101-62(118)34-32-30-28-26-24-22-20-18-16-14-12-10-8-2)45-135-89-75(127)74(126)81(61(44-109)141-89)144-91-77(129)85(69(121)56(39-104)137-91)146-87-65(99-48(5)112)72(124)79(59(42-107)139-87)142-90-76(128)84(68(120)55(38-103)136-90)145-88-66(100-49(6)113)73(125)80(60(43-108)140-88)143-92-78(130)86(70(122)57(40-105)138-92)150-96(94(133)134)36-53(116)64(98-47(4)111)83(149-96)71(123)58(41-106)147-95(93(131)132)35-52(115)63(97-46(3)110)82(148-95)67(119)54(117)37-102/h31,33,50-61,63-92,102-109,114-117,119-130H,7-30,32,34-45H2,1-6H3,(H,97,110)(H,98,111)(H,99,112)(H,100,113)(H,101,118)(H,131,132)(H,133,134)/b33-31+/t50-,51+,52?,53?,54+,55?,56?,57?,58+,59?,60?,61?,63+,64+,65?,66?,67+,68-,69-,70-,71+,72+,73+,74+,75?,76?,77?,78?,79+,80+,81+,82?,83?,84-,85-,86-,87-,88-,89+,90-,91-,92-,95+,96-/m0/s1. The van der Waals surface area contributed by atoms with Crippen LogP contribution in [0.2, 0.25) is 0 Å². The number of ether oxygens (including phenoxy) is 16. The Hall–Kier alpha value is -5.57. The minimum absolute atomic E-state index is 0.135. The average Bonchev–Trinajstić information content (AvgIpc) is 0.742. The van der Waals surface area contributed by atoms with Gasteiger partial charge in [-0.3, -0.25) is 24.0 Å². The van der Waals surface area contributed by atoms with Crippen LogP contribution in [0.15, 0.2) is 12.2 Å². The van der Waals surface area contributed by atoms with Gasteiger partial charge in [-0.1, -0.05) is 167 Å². The third-order valence-electron chi connectivity index (χ3n) is 28.2. The fourth-order valence-electron chi connectivity index (χ4n) is 19.9. The van der Waals surface area contributed by atoms with Crippen molar-refractivity contribution in [3.8, 4) is 0 Å². The van der Waals surface area contributed by atoms with Crippen molar-refractivity contribution in [1.82, 2.24) is 26.6 Å². The number of carboxylic acids is 2. The summed E-state index contributed by atoms with van der Waals surface area (Å²) in [5, 5.41) is 308. The van der Waals surface area contributed by atoms with Gasteiger partial charge in [0, 0.05) is 47.0 Å². The second-order valence-electron chi connectivity index (χ2n) is 39.9. The summed E-state index contributed by atoms with van der Waals surface area (Å²) < 4.78 is 94.8. The van der Waals surface area contributed by atoms with Gasteiger partial charge in [-0.2, -0.15) is 0 Å². The molecule has 8 aliphatic heterocycles. The van der Waals surface area contributed by atoms with E-state index in [-0.39, 0.29) is 12.3 Å². The Balaban J connectivity index is 0.944. The van der Waals surface area contributed by atoms with Gasteiger partial charge in [0.25, 0.3) is 11.6 Å². The van der Waals surface area contributed by atoms with Crippen molar-refractivity contribution in [2.24, 2.45) is 0 Å². The Bertz CT molecular complexity index is 3980. The average molecular weight is 2180 g/mol. The molecule has 31 N–H and O–H groups in total. The molecule has 150 heavy (non-hydrogen) atoms. The lowest BCUT2D eigenvalue weighted by Gasteiger charge is -2.52. The summed E-state index contributed by atoms with van der Waals surface area (Å²) >= 11 is 0. The molecular formula is C96H167N5O49. The van der Waals surface area contributed by atoms with Crippen LogP contribution in [0.5, 0.6) is 0 Å². The summed E-state index contributed by atoms with van der Waals surface area (Å²) in [6.45, 7) is -2.28. The van der Waals surface area contributed by atoms with E-state index in [0.29, 0.717) is 12.8 Å². The molecule has 44 atom stereocenters. The number of hydrogen-bond acceptors (Lipinski definition) is 47. The van der Waals surface area contributed by atoms with Crippen molar-refractivity contribution < 1.29 is 242 Å². The number of amides is 5. The summed E-state index contributed by atoms with van der Waals surface area (Å²) in [4.78, 5) is 92.0. The first-order valence-electron chi connectivity index (χ1n) is 52.2. The van der Waals surface area contributed by atoms with E-state index in [4.69, 9.17) is 75.8 Å². The van der Waals surface area contributed by atoms with E-state index in [9.17, 15) is 166 Å². The van der Waals surface area contributed by atoms with Crippen molar-refractivity contribution >= 4 is 41.5 Å². The Morgan fingerprint density at radius 3 is 1.07 bits per heavy atom. The highest BCUT2D eigenvalue weighted by molar-refractivity contribution is 5.78. The summed E-state index contributed by atoms with van der Waals surface area (Å²) in [6.07, 6.45) is -52.5. The number of aliphatic carboxylic acids is 2. The quantitative estimate of drug-likeness (QED) is 0.0199. The molecule has 0 aromatic heterocycles. The number of carbonyl (C=O) groups excluding carboxylic acids is 5. The molecule has 8 saturated heterocycles. The van der Waals surface area contributed by atoms with Gasteiger partial charge in [0.15, 0.2) is 37.7 Å². The highest BCUT2D eigenvalue weighted by Gasteiger charge is 2.65. The molecular weight excluding hydrogens is 2010 g/mol. The number of allylic oxidation sites excluding steroid dienone is 1. The monoisotopic (exact) mass is 2170 g/mol. The molecule has 5 amide bonds. The van der Waals surface area contributed by atoms with Crippen molar-refractivity contribution in [3.63, 3.8) is 0 Å². The molecule has 8 fully saturated rings. The highest BCUT2D eigenvalue weighted by atomic mass is 16.8. The van der Waals surface area contributed by atoms with Gasteiger partial charge in [-0.25, -0.2) is 9.59 Å². The summed E-state index contributed by atoms with van der Waals surface area (Å²) in [5.41, 5.74) is 0. The third-order valence-corrected chi connectivity index (χ3v) is 28.2. The molecule has 0 saturated carbocycles. The van der Waals surface area contributed by atoms with Gasteiger partial charge in [0.05, 0.1) is 95.9 Å². The highest BCUT2D eigenvalue weighted by Crippen LogP contribution is 2.44. The lowest BCUT2D eigenvalue weighted by molar-refractivity contribution is -0.392. The zero-order chi connectivity index (χ0) is 111. The van der Waals surface area contributed by atoms with E-state index in [1.165, 1.54) is 83.5 Å². The molecule has 16 unspecified atom stereocenters. The van der Waals surface area contributed by atoms with Gasteiger partial charge in [-0.15, -0.1) is 0 Å². The van der Waals surface area contributed by atoms with E-state index in [1.807, 2.05) is 6.08 Å². The van der Waals surface area contributed by atoms with Crippen LogP contribution in [0.3, 0.4) is 0 Å². The summed E-state index contributed by atoms with van der Waals surface area (Å²) in [7, 11) is 0. The second-order valence-corrected chi connectivity index (χ2v) is 39.9. The molecule has 0 bridgehead atoms. The smallest absolute Gasteiger partial charge is 0.364 e. The fourth-order valence-corrected chi connectivity index (χ4v) is 19.9. The molecule has 0 aromatic carbocycles. The van der Waals surface area contributed by atoms with Crippen LogP contribution >= 0.6 is 0 Å². The molecule has 0 radical (unpaired) electrons. The Labute approximate surface area is 868 Å². The molecule has 8 rings (SSSR count). The van der Waals surface area contributed by atoms with Crippen LogP contribution in [0, 0.1) is 0 Å². The van der Waals surface area contributed by atoms with E-state index in [1.54, 1.807) is 6.08 Å². The number of rotatable bonds is 64. The number of nitrogens with one attached hydrogen (secondary N) is 5. The molecule has 8 heterocycles. The maximum Gasteiger partial charge on any atom is 0.364 e. The van der Waals surface area contributed by atoms with E-state index in [2.05, 4.69) is 40.4 Å². The van der Waals surface area contributed by atoms with Gasteiger partial charge in [0.1, 0.15) is 183 Å². The summed E-state index contributed by atoms with van der Waals surface area (Å²) in [6, 6.07) is -8.97. The van der Waals surface area contributed by atoms with Crippen LogP contribution in [0.25, 0.3) is 0 Å². The van der Waals surface area contributed by atoms with Crippen LogP contribution in [0.1, 0.15) is 221 Å². The molecule has 54 nitrogen and oxygen atoms in total. The summed E-state index contributed by atoms with van der Waals surface area (Å²) in [5.74, 6) is -15.7. The van der Waals surface area contributed by atoms with Crippen LogP contribution in [0.4, 0.5) is 0 Å². The van der Waals surface area contributed by atoms with Crippen LogP contribution in [-0.4, -0.2) is 502 Å². The van der Waals surface area contributed by atoms with E-state index >= 15 is 0 Å². The number of carbonyl (C=O) groups is 7. The van der Waals surface area contributed by atoms with Gasteiger partial charge in [0.2, 0.25) is 29.5 Å². The van der Waals surface area contributed by atoms with Crippen LogP contribution in [-0.2, 0) is 109 Å². The van der Waals surface area contributed by atoms with E-state index < -0.39 is 377 Å². The van der Waals surface area contributed by atoms with Gasteiger partial charge in [-0.05, 0) is 19.3 Å². The lowest BCUT2D eigenvalue weighted by atomic mass is 9.87. The van der Waals surface area contributed by atoms with Gasteiger partial charge >= 0.3 is 11.9 Å². The number of hydrogen-bond donors (Lipinski definition) is 31. The van der Waals surface area contributed by atoms with Crippen molar-refractivity contribution in [2.45, 2.75) is 490 Å². The maximum atomic E-state index is 13.8. The van der Waals surface area contributed by atoms with E-state index in [0.717, 1.165) is 91.9 Å². The Morgan fingerprint density at radius 2 is 0.693 bits per heavy atom. The second kappa shape index (κ2) is 63.9. The lowest BCUT2D eigenvalue weighted by Crippen LogP contribution is -2.72. The van der Waals surface area contributed by atoms with Crippen molar-refractivity contribution in [3.05, 3.63) is 12.2 Å². The molecule has 870 valence electrons. The zero-order valence-electron chi connectivity index (χ0n) is 85.6. The molecule has 0 aromatic rings. The Morgan fingerprint density at radius 1 is 0.360 bits per heavy atom. The predicted octanol–water partition coefficient (Wildman–Crippen LogP) is -8.86. The third kappa shape index (κ3) is 35.5. The normalized spacial score (nSPS) is 37.7. The van der Waals surface area contributed by atoms with Crippen molar-refractivity contribution in [2.75, 3.05) is 59.5 Å². The fraction of sp³-hybridized carbons (Fsp3) is 0.906. The molecule has 0 aliphatic carbocycles. The number of unbranched alkanes of at least 4 members (excludes halogenated alkanes) is 23. The number of aliphatic hydroxyl groups excluding tert-OH is 24. The molecule has 8 aliphatic rings. The predicted molar refractivity (Wildman–Crippen MR) is 507 cm³/mol. The maximum absolute atomic E-state index is 13.8. The van der Waals surface area contributed by atoms with Crippen LogP contribution < -0.4 is 26.6 Å². The first kappa shape index (κ1) is 130. The first-order valence-corrected chi connectivity index (χ1v) is 52.2. The minimum atomic E-state index is -3.56. The molecule has 54 heteroatoms. The first-order chi connectivity index (χ1) is 71.4. The van der Waals surface area contributed by atoms with Gasteiger partial charge < -0.3 is 235 Å². The largest absolute Gasteiger partial charge is 0.477 e. The Kier molecular flexibility index (Phi) is 55.2. The zero-order valence-corrected chi connectivity index (χ0v) is 85.6. The topological polar surface area (TPSA) is 853 Å². The minimum Gasteiger partial charge on any atom is -0.477 e. The SMILES string of the molecule is CCCCCCCCCCCCC/C=C/[C@@H](O)[C@H](CO[C@@H]1OC(CO)[C@@H](O[C@@H]2OC(CO)[C@H](O)[C@H](O[C@@H]3OC(CO)[C@@H](O[C@@H]4OC(CO)[C@H](O)[C@H](O[C@@H]5OC(CO)[C@@H](O[C@@H]6OC(CO)[C@H](O)[C@H](O[C@]7(C(=O)O)CC(O)[C@@H](NC(C)=O)C([C@H](O)[C@@H](CO)O[C@]8(C(=O)O)CC(O)[C@@H](NC(C)=O)C([C@H](O)[C@H](O)CO)O8)O7)C6O)[C@H](O)C5NC(C)=O)C4O)[C@H](O)C3NC(C)=O)C2O)[C@H](O)C1O)NC(=O)CCCCCCCCCCCCCCC.